The number of thioether (sulfide) groups is 1. The van der Waals surface area contributed by atoms with Crippen LogP contribution in [0, 0.1) is 17.0 Å². The Morgan fingerprint density at radius 2 is 1.49 bits per heavy atom. The highest BCUT2D eigenvalue weighted by atomic mass is 35.5. The van der Waals surface area contributed by atoms with Crippen LogP contribution in [0.3, 0.4) is 0 Å². The third kappa shape index (κ3) is 9.14. The quantitative estimate of drug-likeness (QED) is 0.0543. The number of hydrogen-bond donors (Lipinski definition) is 3. The van der Waals surface area contributed by atoms with E-state index in [0.29, 0.717) is 33.1 Å². The number of nitrogens with zero attached hydrogens (tertiary/aromatic N) is 1. The van der Waals surface area contributed by atoms with E-state index in [1.54, 1.807) is 85.8 Å². The molecule has 49 heavy (non-hydrogen) atoms. The Balaban J connectivity index is 1.35. The van der Waals surface area contributed by atoms with Crippen LogP contribution in [-0.2, 0) is 9.59 Å². The smallest absolute Gasteiger partial charge is 0.272 e. The molecule has 246 valence electrons. The van der Waals surface area contributed by atoms with E-state index in [1.165, 1.54) is 30.0 Å². The molecule has 0 spiro atoms. The molecule has 1 unspecified atom stereocenters. The zero-order valence-corrected chi connectivity index (χ0v) is 28.2. The summed E-state index contributed by atoms with van der Waals surface area (Å²) in [4.78, 5) is 51.6. The zero-order valence-electron chi connectivity index (χ0n) is 25.9. The number of carbonyl (C=O) groups excluding carboxylic acids is 3. The van der Waals surface area contributed by atoms with Gasteiger partial charge in [-0.25, -0.2) is 0 Å². The number of non-ortho nitro benzene ring substituents is 1. The number of amides is 3. The second kappa shape index (κ2) is 16.1. The molecule has 0 heterocycles. The minimum absolute atomic E-state index is 0.0614. The van der Waals surface area contributed by atoms with E-state index < -0.39 is 22.0 Å². The second-order valence-electron chi connectivity index (χ2n) is 10.7. The normalized spacial score (nSPS) is 11.7. The van der Waals surface area contributed by atoms with Crippen LogP contribution in [0.5, 0.6) is 0 Å². The van der Waals surface area contributed by atoms with Crippen molar-refractivity contribution >= 4 is 75.8 Å². The van der Waals surface area contributed by atoms with Crippen LogP contribution in [-0.4, -0.2) is 22.6 Å². The van der Waals surface area contributed by atoms with Gasteiger partial charge in [-0.1, -0.05) is 89.9 Å². The molecule has 0 aliphatic heterocycles. The van der Waals surface area contributed by atoms with E-state index >= 15 is 0 Å². The van der Waals surface area contributed by atoms with Gasteiger partial charge in [-0.2, -0.15) is 0 Å². The molecule has 3 N–H and O–H groups in total. The van der Waals surface area contributed by atoms with Crippen molar-refractivity contribution in [3.05, 3.63) is 169 Å². The first-order valence-electron chi connectivity index (χ1n) is 14.8. The fourth-order valence-electron chi connectivity index (χ4n) is 4.64. The van der Waals surface area contributed by atoms with Crippen molar-refractivity contribution < 1.29 is 19.3 Å². The van der Waals surface area contributed by atoms with E-state index in [0.717, 1.165) is 10.5 Å². The number of nitro groups is 1. The first-order chi connectivity index (χ1) is 23.6. The summed E-state index contributed by atoms with van der Waals surface area (Å²) >= 11 is 13.8. The maximum absolute atomic E-state index is 13.6. The van der Waals surface area contributed by atoms with Crippen molar-refractivity contribution in [1.29, 1.82) is 0 Å². The van der Waals surface area contributed by atoms with Gasteiger partial charge in [0.05, 0.1) is 20.7 Å². The molecule has 3 amide bonds. The number of nitro benzene ring substituents is 1. The SMILES string of the molecule is Cc1ccc([N+](=O)[O-])cc1NC(=O)C(Sc1ccc(NC(=O)/C(=C/c2cccc(Cl)c2Cl)NC(=O)c2ccccc2)cc1)c1ccccc1. The van der Waals surface area contributed by atoms with E-state index in [1.807, 2.05) is 30.3 Å². The molecule has 0 bridgehead atoms. The minimum atomic E-state index is -0.703. The van der Waals surface area contributed by atoms with Crippen LogP contribution in [0.25, 0.3) is 6.08 Å². The fourth-order valence-corrected chi connectivity index (χ4v) is 6.03. The lowest BCUT2D eigenvalue weighted by atomic mass is 10.1. The number of rotatable bonds is 11. The van der Waals surface area contributed by atoms with Gasteiger partial charge in [-0.05, 0) is 72.2 Å². The fraction of sp³-hybridized carbons (Fsp3) is 0.0541. The molecule has 9 nitrogen and oxygen atoms in total. The predicted octanol–water partition coefficient (Wildman–Crippen LogP) is 9.09. The highest BCUT2D eigenvalue weighted by Crippen LogP contribution is 2.37. The number of hydrogen-bond acceptors (Lipinski definition) is 6. The Kier molecular flexibility index (Phi) is 11.5. The lowest BCUT2D eigenvalue weighted by molar-refractivity contribution is -0.384. The van der Waals surface area contributed by atoms with Crippen molar-refractivity contribution in [1.82, 2.24) is 5.32 Å². The van der Waals surface area contributed by atoms with Crippen LogP contribution in [0.4, 0.5) is 17.1 Å². The number of halogens is 2. The number of aryl methyl sites for hydroxylation is 1. The van der Waals surface area contributed by atoms with Gasteiger partial charge in [0.1, 0.15) is 10.9 Å². The topological polar surface area (TPSA) is 130 Å². The van der Waals surface area contributed by atoms with Crippen molar-refractivity contribution in [3.8, 4) is 0 Å². The molecule has 5 aromatic rings. The van der Waals surface area contributed by atoms with Crippen LogP contribution in [0.2, 0.25) is 10.0 Å². The summed E-state index contributed by atoms with van der Waals surface area (Å²) in [5.74, 6) is -1.45. The molecule has 1 atom stereocenters. The molecule has 0 saturated heterocycles. The van der Waals surface area contributed by atoms with Crippen molar-refractivity contribution in [2.45, 2.75) is 17.1 Å². The first-order valence-corrected chi connectivity index (χ1v) is 16.4. The molecule has 0 radical (unpaired) electrons. The zero-order chi connectivity index (χ0) is 34.9. The Hall–Kier alpha value is -5.42. The van der Waals surface area contributed by atoms with Crippen LogP contribution >= 0.6 is 35.0 Å². The molecular formula is C37H28Cl2N4O5S. The highest BCUT2D eigenvalue weighted by Gasteiger charge is 2.24. The van der Waals surface area contributed by atoms with Gasteiger partial charge in [0.25, 0.3) is 17.5 Å². The summed E-state index contributed by atoms with van der Waals surface area (Å²) < 4.78 is 0. The van der Waals surface area contributed by atoms with Gasteiger partial charge in [0, 0.05) is 28.3 Å². The van der Waals surface area contributed by atoms with E-state index in [2.05, 4.69) is 16.0 Å². The summed E-state index contributed by atoms with van der Waals surface area (Å²) in [5.41, 5.74) is 2.79. The summed E-state index contributed by atoms with van der Waals surface area (Å²) in [6.45, 7) is 1.76. The summed E-state index contributed by atoms with van der Waals surface area (Å²) in [6.07, 6.45) is 1.45. The average molecular weight is 712 g/mol. The van der Waals surface area contributed by atoms with E-state index in [4.69, 9.17) is 23.2 Å². The Morgan fingerprint density at radius 3 is 2.16 bits per heavy atom. The third-order valence-electron chi connectivity index (χ3n) is 7.21. The monoisotopic (exact) mass is 710 g/mol. The van der Waals surface area contributed by atoms with Gasteiger partial charge in [0.15, 0.2) is 0 Å². The number of anilines is 2. The summed E-state index contributed by atoms with van der Waals surface area (Å²) in [6, 6.07) is 33.7. The van der Waals surface area contributed by atoms with Gasteiger partial charge in [0.2, 0.25) is 5.91 Å². The van der Waals surface area contributed by atoms with E-state index in [-0.39, 0.29) is 22.3 Å². The lowest BCUT2D eigenvalue weighted by Gasteiger charge is -2.18. The maximum atomic E-state index is 13.6. The molecule has 0 aromatic heterocycles. The molecule has 5 aromatic carbocycles. The maximum Gasteiger partial charge on any atom is 0.272 e. The largest absolute Gasteiger partial charge is 0.324 e. The molecule has 0 fully saturated rings. The van der Waals surface area contributed by atoms with Gasteiger partial charge in [-0.15, -0.1) is 11.8 Å². The van der Waals surface area contributed by atoms with Crippen molar-refractivity contribution in [2.24, 2.45) is 0 Å². The second-order valence-corrected chi connectivity index (χ2v) is 12.6. The number of carbonyl (C=O) groups is 3. The molecule has 0 aliphatic carbocycles. The number of benzene rings is 5. The predicted molar refractivity (Wildman–Crippen MR) is 195 cm³/mol. The molecule has 0 aliphatic rings. The Bertz CT molecular complexity index is 2040. The molecular weight excluding hydrogens is 683 g/mol. The lowest BCUT2D eigenvalue weighted by Crippen LogP contribution is -2.30. The average Bonchev–Trinajstić information content (AvgIpc) is 3.11. The van der Waals surface area contributed by atoms with Crippen molar-refractivity contribution in [2.75, 3.05) is 10.6 Å². The van der Waals surface area contributed by atoms with E-state index in [9.17, 15) is 24.5 Å². The number of nitrogens with one attached hydrogen (secondary N) is 3. The van der Waals surface area contributed by atoms with Gasteiger partial charge >= 0.3 is 0 Å². The minimum Gasteiger partial charge on any atom is -0.324 e. The first kappa shape index (κ1) is 34.9. The standard InChI is InChI=1S/C37H28Cl2N4O5S/c1-23-15-18-28(43(47)48)22-31(23)41-37(46)34(24-9-4-2-5-10-24)49-29-19-16-27(17-20-29)40-36(45)32(21-26-13-8-14-30(38)33(26)39)42-35(44)25-11-6-3-7-12-25/h2-22,34H,1H3,(H,40,45)(H,41,46)(H,42,44)/b32-21-. The van der Waals surface area contributed by atoms with Crippen LogP contribution in [0.1, 0.15) is 32.3 Å². The summed E-state index contributed by atoms with van der Waals surface area (Å²) in [7, 11) is 0. The summed E-state index contributed by atoms with van der Waals surface area (Å²) in [5, 5.41) is 19.5. The van der Waals surface area contributed by atoms with Crippen LogP contribution in [0.15, 0.2) is 132 Å². The third-order valence-corrected chi connectivity index (χ3v) is 9.31. The highest BCUT2D eigenvalue weighted by molar-refractivity contribution is 8.00. The molecule has 12 heteroatoms. The van der Waals surface area contributed by atoms with Gasteiger partial charge in [-0.3, -0.25) is 24.5 Å². The Labute approximate surface area is 296 Å². The molecule has 0 saturated carbocycles. The van der Waals surface area contributed by atoms with Crippen LogP contribution < -0.4 is 16.0 Å². The molecule has 5 rings (SSSR count). The van der Waals surface area contributed by atoms with Crippen molar-refractivity contribution in [3.63, 3.8) is 0 Å². The van der Waals surface area contributed by atoms with Gasteiger partial charge < -0.3 is 16.0 Å². The Morgan fingerprint density at radius 1 is 0.816 bits per heavy atom.